The molecule has 0 aliphatic carbocycles. The summed E-state index contributed by atoms with van der Waals surface area (Å²) in [6.45, 7) is 1.98. The molecule has 134 valence electrons. The van der Waals surface area contributed by atoms with Crippen LogP contribution in [0, 0.1) is 5.92 Å². The summed E-state index contributed by atoms with van der Waals surface area (Å²) in [5.41, 5.74) is 1.63. The number of anilines is 1. The zero-order chi connectivity index (χ0) is 17.9. The zero-order valence-corrected chi connectivity index (χ0v) is 14.9. The van der Waals surface area contributed by atoms with E-state index in [0.717, 1.165) is 30.8 Å². The molecule has 1 N–H and O–H groups in total. The Morgan fingerprint density at radius 3 is 3.04 bits per heavy atom. The number of hydrogen-bond acceptors (Lipinski definition) is 5. The van der Waals surface area contributed by atoms with Gasteiger partial charge in [0.25, 0.3) is 0 Å². The molecule has 1 atom stereocenters. The van der Waals surface area contributed by atoms with Gasteiger partial charge in [-0.1, -0.05) is 29.8 Å². The van der Waals surface area contributed by atoms with Crippen LogP contribution >= 0.6 is 11.6 Å². The Hall–Kier alpha value is -2.67. The van der Waals surface area contributed by atoms with Crippen molar-refractivity contribution in [2.45, 2.75) is 19.4 Å². The molecule has 7 nitrogen and oxygen atoms in total. The van der Waals surface area contributed by atoms with E-state index in [0.29, 0.717) is 23.8 Å². The van der Waals surface area contributed by atoms with Crippen LogP contribution in [0.15, 0.2) is 42.7 Å². The highest BCUT2D eigenvalue weighted by atomic mass is 35.5. The molecule has 1 aliphatic heterocycles. The van der Waals surface area contributed by atoms with E-state index in [4.69, 9.17) is 11.6 Å². The minimum Gasteiger partial charge on any atom is -0.354 e. The molecule has 2 aromatic heterocycles. The second-order valence-corrected chi connectivity index (χ2v) is 6.83. The molecule has 1 amide bonds. The molecule has 1 saturated heterocycles. The molecule has 0 unspecified atom stereocenters. The number of fused-ring (bicyclic) bond motifs is 1. The average molecular weight is 371 g/mol. The minimum absolute atomic E-state index is 0.0556. The van der Waals surface area contributed by atoms with Crippen LogP contribution < -0.4 is 10.2 Å². The molecule has 1 fully saturated rings. The van der Waals surface area contributed by atoms with Gasteiger partial charge in [0, 0.05) is 24.7 Å². The summed E-state index contributed by atoms with van der Waals surface area (Å²) in [6, 6.07) is 11.4. The number of benzene rings is 1. The van der Waals surface area contributed by atoms with Crippen LogP contribution in [0.2, 0.25) is 5.02 Å². The van der Waals surface area contributed by atoms with Crippen molar-refractivity contribution in [2.24, 2.45) is 5.92 Å². The lowest BCUT2D eigenvalue weighted by Crippen LogP contribution is -2.43. The predicted octanol–water partition coefficient (Wildman–Crippen LogP) is 2.31. The normalized spacial score (nSPS) is 17.4. The third kappa shape index (κ3) is 3.48. The van der Waals surface area contributed by atoms with Gasteiger partial charge in [0.05, 0.1) is 5.92 Å². The number of nitrogens with zero attached hydrogens (tertiary/aromatic N) is 5. The first kappa shape index (κ1) is 16.8. The Morgan fingerprint density at radius 2 is 2.15 bits per heavy atom. The molecule has 0 bridgehead atoms. The molecule has 3 aromatic rings. The molecular weight excluding hydrogens is 352 g/mol. The lowest BCUT2D eigenvalue weighted by Gasteiger charge is -2.32. The second kappa shape index (κ2) is 7.29. The number of piperidine rings is 1. The average Bonchev–Trinajstić information content (AvgIpc) is 3.15. The van der Waals surface area contributed by atoms with Gasteiger partial charge in [0.2, 0.25) is 5.91 Å². The third-order valence-corrected chi connectivity index (χ3v) is 5.04. The second-order valence-electron chi connectivity index (χ2n) is 6.42. The molecule has 8 heteroatoms. The van der Waals surface area contributed by atoms with E-state index in [1.807, 2.05) is 36.4 Å². The van der Waals surface area contributed by atoms with Gasteiger partial charge in [-0.15, -0.1) is 15.3 Å². The van der Waals surface area contributed by atoms with E-state index in [2.05, 4.69) is 25.5 Å². The number of halogens is 1. The molecule has 0 radical (unpaired) electrons. The number of aromatic nitrogens is 4. The highest BCUT2D eigenvalue weighted by Gasteiger charge is 2.26. The monoisotopic (exact) mass is 370 g/mol. The number of amides is 1. The summed E-state index contributed by atoms with van der Waals surface area (Å²) < 4.78 is 1.65. The van der Waals surface area contributed by atoms with Crippen molar-refractivity contribution in [3.8, 4) is 0 Å². The minimum atomic E-state index is -0.0651. The van der Waals surface area contributed by atoms with Crippen molar-refractivity contribution in [3.63, 3.8) is 0 Å². The standard InChI is InChI=1S/C18H19ClN6O/c19-15-6-2-1-4-13(15)10-20-18(26)14-5-3-9-24(11-14)17-8-7-16-22-21-12-25(16)23-17/h1-2,4,6-8,12,14H,3,5,9-11H2,(H,20,26)/t14-/m0/s1. The van der Waals surface area contributed by atoms with Crippen molar-refractivity contribution >= 4 is 29.0 Å². The predicted molar refractivity (Wildman–Crippen MR) is 99.0 cm³/mol. The summed E-state index contributed by atoms with van der Waals surface area (Å²) in [5.74, 6) is 0.825. The van der Waals surface area contributed by atoms with E-state index >= 15 is 0 Å². The summed E-state index contributed by atoms with van der Waals surface area (Å²) in [4.78, 5) is 14.7. The zero-order valence-electron chi connectivity index (χ0n) is 14.2. The summed E-state index contributed by atoms with van der Waals surface area (Å²) in [5, 5.41) is 16.0. The molecule has 4 rings (SSSR count). The van der Waals surface area contributed by atoms with Gasteiger partial charge in [0.15, 0.2) is 5.65 Å². The van der Waals surface area contributed by atoms with Crippen LogP contribution in [0.3, 0.4) is 0 Å². The molecule has 1 aliphatic rings. The van der Waals surface area contributed by atoms with Crippen LogP contribution in [-0.2, 0) is 11.3 Å². The van der Waals surface area contributed by atoms with Crippen LogP contribution in [0.25, 0.3) is 5.65 Å². The SMILES string of the molecule is O=C(NCc1ccccc1Cl)[C@H]1CCCN(c2ccc3nncn3n2)C1. The van der Waals surface area contributed by atoms with Crippen molar-refractivity contribution < 1.29 is 4.79 Å². The quantitative estimate of drug-likeness (QED) is 0.762. The first-order valence-corrected chi connectivity index (χ1v) is 9.01. The van der Waals surface area contributed by atoms with E-state index in [-0.39, 0.29) is 11.8 Å². The van der Waals surface area contributed by atoms with Crippen molar-refractivity contribution in [3.05, 3.63) is 53.3 Å². The van der Waals surface area contributed by atoms with Crippen LogP contribution in [0.1, 0.15) is 18.4 Å². The molecular formula is C18H19ClN6O. The maximum atomic E-state index is 12.6. The summed E-state index contributed by atoms with van der Waals surface area (Å²) in [6.07, 6.45) is 3.41. The first-order valence-electron chi connectivity index (χ1n) is 8.64. The number of nitrogens with one attached hydrogen (secondary N) is 1. The van der Waals surface area contributed by atoms with E-state index < -0.39 is 0 Å². The number of carbonyl (C=O) groups excluding carboxylic acids is 1. The molecule has 26 heavy (non-hydrogen) atoms. The van der Waals surface area contributed by atoms with Gasteiger partial charge in [-0.3, -0.25) is 4.79 Å². The fourth-order valence-corrected chi connectivity index (χ4v) is 3.46. The Morgan fingerprint density at radius 1 is 1.27 bits per heavy atom. The topological polar surface area (TPSA) is 75.4 Å². The molecule has 3 heterocycles. The van der Waals surface area contributed by atoms with E-state index in [9.17, 15) is 4.79 Å². The fourth-order valence-electron chi connectivity index (χ4n) is 3.25. The van der Waals surface area contributed by atoms with Crippen molar-refractivity contribution in [1.82, 2.24) is 25.1 Å². The van der Waals surface area contributed by atoms with Gasteiger partial charge in [-0.25, -0.2) is 0 Å². The number of carbonyl (C=O) groups is 1. The van der Waals surface area contributed by atoms with Gasteiger partial charge < -0.3 is 10.2 Å². The highest BCUT2D eigenvalue weighted by Crippen LogP contribution is 2.22. The van der Waals surface area contributed by atoms with E-state index in [1.54, 1.807) is 10.8 Å². The van der Waals surface area contributed by atoms with Crippen LogP contribution in [0.5, 0.6) is 0 Å². The molecule has 0 saturated carbocycles. The summed E-state index contributed by atoms with van der Waals surface area (Å²) in [7, 11) is 0. The maximum absolute atomic E-state index is 12.6. The largest absolute Gasteiger partial charge is 0.354 e. The fraction of sp³-hybridized carbons (Fsp3) is 0.333. The number of hydrogen-bond donors (Lipinski definition) is 1. The Labute approximate surface area is 156 Å². The lowest BCUT2D eigenvalue weighted by molar-refractivity contribution is -0.125. The lowest BCUT2D eigenvalue weighted by atomic mass is 9.97. The Kier molecular flexibility index (Phi) is 4.71. The van der Waals surface area contributed by atoms with Crippen LogP contribution in [-0.4, -0.2) is 38.8 Å². The van der Waals surface area contributed by atoms with Crippen molar-refractivity contribution in [2.75, 3.05) is 18.0 Å². The van der Waals surface area contributed by atoms with E-state index in [1.165, 1.54) is 0 Å². The Balaban J connectivity index is 1.41. The van der Waals surface area contributed by atoms with Gasteiger partial charge in [-0.05, 0) is 36.6 Å². The van der Waals surface area contributed by atoms with Gasteiger partial charge in [0.1, 0.15) is 12.1 Å². The maximum Gasteiger partial charge on any atom is 0.225 e. The van der Waals surface area contributed by atoms with Gasteiger partial charge in [-0.2, -0.15) is 4.52 Å². The molecule has 0 spiro atoms. The third-order valence-electron chi connectivity index (χ3n) is 4.67. The highest BCUT2D eigenvalue weighted by molar-refractivity contribution is 6.31. The van der Waals surface area contributed by atoms with Crippen molar-refractivity contribution in [1.29, 1.82) is 0 Å². The first-order chi connectivity index (χ1) is 12.7. The van der Waals surface area contributed by atoms with Gasteiger partial charge >= 0.3 is 0 Å². The summed E-state index contributed by atoms with van der Waals surface area (Å²) >= 11 is 6.15. The molecule has 1 aromatic carbocycles. The number of rotatable bonds is 4. The smallest absolute Gasteiger partial charge is 0.225 e. The Bertz CT molecular complexity index is 927. The van der Waals surface area contributed by atoms with Crippen LogP contribution in [0.4, 0.5) is 5.82 Å².